The fourth-order valence-electron chi connectivity index (χ4n) is 2.44. The molecular weight excluding hydrogens is 423 g/mol. The molecule has 1 saturated heterocycles. The Morgan fingerprint density at radius 2 is 1.75 bits per heavy atom. The number of hydrogen-bond donors (Lipinski definition) is 1. The number of rotatable bonds is 6. The largest absolute Gasteiger partial charge is 0.484 e. The summed E-state index contributed by atoms with van der Waals surface area (Å²) in [7, 11) is 0. The monoisotopic (exact) mass is 436 g/mol. The lowest BCUT2D eigenvalue weighted by Gasteiger charge is -2.14. The average Bonchev–Trinajstić information content (AvgIpc) is 2.91. The third-order valence-corrected chi connectivity index (χ3v) is 5.43. The van der Waals surface area contributed by atoms with Crippen molar-refractivity contribution in [3.05, 3.63) is 68.5 Å². The maximum absolute atomic E-state index is 12.6. The zero-order chi connectivity index (χ0) is 20.3. The minimum Gasteiger partial charge on any atom is -0.484 e. The number of nitrogens with two attached hydrogens (primary N) is 1. The zero-order valence-electron chi connectivity index (χ0n) is 14.4. The van der Waals surface area contributed by atoms with Gasteiger partial charge in [0.2, 0.25) is 0 Å². The van der Waals surface area contributed by atoms with Gasteiger partial charge in [0, 0.05) is 15.6 Å². The maximum Gasteiger partial charge on any atom is 0.293 e. The van der Waals surface area contributed by atoms with Crippen LogP contribution in [-0.4, -0.2) is 28.6 Å². The van der Waals surface area contributed by atoms with Gasteiger partial charge in [0.05, 0.1) is 11.4 Å². The van der Waals surface area contributed by atoms with Crippen LogP contribution in [0.1, 0.15) is 11.1 Å². The molecule has 1 aliphatic heterocycles. The van der Waals surface area contributed by atoms with Gasteiger partial charge >= 0.3 is 0 Å². The Balaban J connectivity index is 1.75. The summed E-state index contributed by atoms with van der Waals surface area (Å²) in [6.07, 6.45) is 1.61. The van der Waals surface area contributed by atoms with Crippen LogP contribution < -0.4 is 10.5 Å². The minimum atomic E-state index is -0.573. The molecule has 2 aromatic rings. The number of halogens is 2. The van der Waals surface area contributed by atoms with E-state index in [1.54, 1.807) is 48.5 Å². The SMILES string of the molecule is NC(=O)COc1ccc(/C=C2\SC(=O)N(Cc3c(Cl)cccc3Cl)C2=O)cc1. The molecule has 6 nitrogen and oxygen atoms in total. The van der Waals surface area contributed by atoms with Gasteiger partial charge in [-0.2, -0.15) is 0 Å². The molecule has 0 aliphatic carbocycles. The third-order valence-electron chi connectivity index (χ3n) is 3.81. The Morgan fingerprint density at radius 1 is 1.11 bits per heavy atom. The summed E-state index contributed by atoms with van der Waals surface area (Å²) in [5.74, 6) is -0.520. The molecule has 1 heterocycles. The number of amides is 3. The second-order valence-electron chi connectivity index (χ2n) is 5.79. The first-order chi connectivity index (χ1) is 13.3. The highest BCUT2D eigenvalue weighted by Gasteiger charge is 2.35. The summed E-state index contributed by atoms with van der Waals surface area (Å²) in [5.41, 5.74) is 6.25. The van der Waals surface area contributed by atoms with E-state index in [-0.39, 0.29) is 13.2 Å². The van der Waals surface area contributed by atoms with Crippen molar-refractivity contribution in [2.75, 3.05) is 6.61 Å². The first kappa shape index (κ1) is 20.3. The van der Waals surface area contributed by atoms with Crippen LogP contribution in [0, 0.1) is 0 Å². The molecule has 0 radical (unpaired) electrons. The quantitative estimate of drug-likeness (QED) is 0.688. The molecule has 1 fully saturated rings. The van der Waals surface area contributed by atoms with Crippen molar-refractivity contribution in [2.24, 2.45) is 5.73 Å². The van der Waals surface area contributed by atoms with E-state index in [0.29, 0.717) is 31.8 Å². The van der Waals surface area contributed by atoms with Crippen molar-refractivity contribution in [1.82, 2.24) is 4.90 Å². The van der Waals surface area contributed by atoms with Gasteiger partial charge in [-0.25, -0.2) is 0 Å². The highest BCUT2D eigenvalue weighted by atomic mass is 35.5. The number of hydrogen-bond acceptors (Lipinski definition) is 5. The number of thioether (sulfide) groups is 1. The van der Waals surface area contributed by atoms with Gasteiger partial charge < -0.3 is 10.5 Å². The molecule has 0 aromatic heterocycles. The minimum absolute atomic E-state index is 0.000405. The fourth-order valence-corrected chi connectivity index (χ4v) is 3.80. The maximum atomic E-state index is 12.6. The van der Waals surface area contributed by atoms with Crippen molar-refractivity contribution in [3.8, 4) is 5.75 Å². The molecule has 0 atom stereocenters. The second kappa shape index (κ2) is 8.68. The molecule has 3 rings (SSSR count). The van der Waals surface area contributed by atoms with Gasteiger partial charge in [-0.05, 0) is 47.7 Å². The summed E-state index contributed by atoms with van der Waals surface area (Å²) in [6.45, 7) is -0.219. The lowest BCUT2D eigenvalue weighted by Crippen LogP contribution is -2.27. The molecule has 0 unspecified atom stereocenters. The molecule has 2 N–H and O–H groups in total. The Bertz CT molecular complexity index is 956. The first-order valence-electron chi connectivity index (χ1n) is 8.04. The highest BCUT2D eigenvalue weighted by molar-refractivity contribution is 8.18. The summed E-state index contributed by atoms with van der Waals surface area (Å²) in [6, 6.07) is 11.7. The summed E-state index contributed by atoms with van der Waals surface area (Å²) in [4.78, 5) is 37.1. The summed E-state index contributed by atoms with van der Waals surface area (Å²) < 4.78 is 5.18. The van der Waals surface area contributed by atoms with E-state index in [0.717, 1.165) is 16.7 Å². The van der Waals surface area contributed by atoms with Gasteiger partial charge in [0.15, 0.2) is 6.61 Å². The van der Waals surface area contributed by atoms with Crippen molar-refractivity contribution in [2.45, 2.75) is 6.54 Å². The molecule has 144 valence electrons. The van der Waals surface area contributed by atoms with Crippen molar-refractivity contribution < 1.29 is 19.1 Å². The van der Waals surface area contributed by atoms with E-state index in [1.165, 1.54) is 0 Å². The van der Waals surface area contributed by atoms with Crippen LogP contribution in [0.3, 0.4) is 0 Å². The van der Waals surface area contributed by atoms with Crippen molar-refractivity contribution in [1.29, 1.82) is 0 Å². The van der Waals surface area contributed by atoms with Gasteiger partial charge in [-0.3, -0.25) is 19.3 Å². The number of ether oxygens (including phenoxy) is 1. The fraction of sp³-hybridized carbons (Fsp3) is 0.105. The van der Waals surface area contributed by atoms with Crippen molar-refractivity contribution in [3.63, 3.8) is 0 Å². The van der Waals surface area contributed by atoms with Gasteiger partial charge in [0.25, 0.3) is 17.1 Å². The highest BCUT2D eigenvalue weighted by Crippen LogP contribution is 2.35. The lowest BCUT2D eigenvalue weighted by molar-refractivity contribution is -0.123. The number of carbonyl (C=O) groups excluding carboxylic acids is 3. The standard InChI is InChI=1S/C19H14Cl2N2O4S/c20-14-2-1-3-15(21)13(14)9-23-18(25)16(28-19(23)26)8-11-4-6-12(7-5-11)27-10-17(22)24/h1-8H,9-10H2,(H2,22,24)/b16-8-. The van der Waals surface area contributed by atoms with E-state index < -0.39 is 17.1 Å². The van der Waals surface area contributed by atoms with E-state index in [9.17, 15) is 14.4 Å². The van der Waals surface area contributed by atoms with Crippen LogP contribution in [0.5, 0.6) is 5.75 Å². The molecule has 28 heavy (non-hydrogen) atoms. The van der Waals surface area contributed by atoms with E-state index >= 15 is 0 Å². The number of nitrogens with zero attached hydrogens (tertiary/aromatic N) is 1. The van der Waals surface area contributed by atoms with Crippen LogP contribution in [0.2, 0.25) is 10.0 Å². The van der Waals surface area contributed by atoms with Crippen LogP contribution in [0.25, 0.3) is 6.08 Å². The van der Waals surface area contributed by atoms with E-state index in [4.69, 9.17) is 33.7 Å². The zero-order valence-corrected chi connectivity index (χ0v) is 16.7. The Morgan fingerprint density at radius 3 is 2.36 bits per heavy atom. The number of carbonyl (C=O) groups is 3. The smallest absolute Gasteiger partial charge is 0.293 e. The summed E-state index contributed by atoms with van der Waals surface area (Å²) >= 11 is 13.1. The van der Waals surface area contributed by atoms with Crippen LogP contribution in [0.4, 0.5) is 4.79 Å². The second-order valence-corrected chi connectivity index (χ2v) is 7.60. The Labute approximate surface area is 175 Å². The average molecular weight is 437 g/mol. The van der Waals surface area contributed by atoms with Crippen LogP contribution in [0.15, 0.2) is 47.4 Å². The number of primary amides is 1. The Kier molecular flexibility index (Phi) is 6.28. The number of imide groups is 1. The van der Waals surface area contributed by atoms with E-state index in [1.807, 2.05) is 0 Å². The molecule has 0 spiro atoms. The molecule has 0 bridgehead atoms. The van der Waals surface area contributed by atoms with E-state index in [2.05, 4.69) is 0 Å². The number of benzene rings is 2. The molecular formula is C19H14Cl2N2O4S. The lowest BCUT2D eigenvalue weighted by atomic mass is 10.2. The Hall–Kier alpha value is -2.48. The van der Waals surface area contributed by atoms with Crippen LogP contribution >= 0.6 is 35.0 Å². The van der Waals surface area contributed by atoms with Gasteiger partial charge in [-0.15, -0.1) is 0 Å². The first-order valence-corrected chi connectivity index (χ1v) is 9.62. The predicted molar refractivity (Wildman–Crippen MR) is 109 cm³/mol. The van der Waals surface area contributed by atoms with Crippen LogP contribution in [-0.2, 0) is 16.1 Å². The topological polar surface area (TPSA) is 89.7 Å². The normalized spacial score (nSPS) is 15.4. The molecule has 9 heteroatoms. The summed E-state index contributed by atoms with van der Waals surface area (Å²) in [5, 5.41) is 0.387. The van der Waals surface area contributed by atoms with Gasteiger partial charge in [-0.1, -0.05) is 41.4 Å². The van der Waals surface area contributed by atoms with Gasteiger partial charge in [0.1, 0.15) is 5.75 Å². The molecule has 2 aromatic carbocycles. The van der Waals surface area contributed by atoms with Crippen molar-refractivity contribution >= 4 is 58.1 Å². The molecule has 3 amide bonds. The third kappa shape index (κ3) is 4.67. The molecule has 1 aliphatic rings. The predicted octanol–water partition coefficient (Wildman–Crippen LogP) is 4.09. The molecule has 0 saturated carbocycles.